The molecule has 2 aromatic heterocycles. The van der Waals surface area contributed by atoms with Gasteiger partial charge in [0, 0.05) is 44.1 Å². The first kappa shape index (κ1) is 17.9. The number of aromatic amines is 1. The second kappa shape index (κ2) is 7.63. The highest BCUT2D eigenvalue weighted by Gasteiger charge is 2.23. The van der Waals surface area contributed by atoms with Crippen molar-refractivity contribution in [1.29, 1.82) is 0 Å². The van der Waals surface area contributed by atoms with E-state index in [4.69, 9.17) is 9.47 Å². The Morgan fingerprint density at radius 2 is 1.86 bits per heavy atom. The molecule has 2 N–H and O–H groups in total. The lowest BCUT2D eigenvalue weighted by molar-refractivity contribution is 0.208. The molecule has 1 aromatic carbocycles. The van der Waals surface area contributed by atoms with Crippen LogP contribution in [0.2, 0.25) is 0 Å². The highest BCUT2D eigenvalue weighted by molar-refractivity contribution is 5.90. The van der Waals surface area contributed by atoms with Crippen molar-refractivity contribution in [2.45, 2.75) is 0 Å². The Labute approximate surface area is 162 Å². The molecular formula is C19H22N6O3. The zero-order valence-electron chi connectivity index (χ0n) is 15.8. The van der Waals surface area contributed by atoms with Crippen LogP contribution in [0.1, 0.15) is 0 Å². The van der Waals surface area contributed by atoms with Gasteiger partial charge in [-0.25, -0.2) is 14.8 Å². The highest BCUT2D eigenvalue weighted by atomic mass is 16.5. The summed E-state index contributed by atoms with van der Waals surface area (Å²) in [5.74, 6) is 2.09. The fourth-order valence-electron chi connectivity index (χ4n) is 3.35. The van der Waals surface area contributed by atoms with Crippen LogP contribution < -0.4 is 19.7 Å². The van der Waals surface area contributed by atoms with Gasteiger partial charge in [-0.3, -0.25) is 0 Å². The summed E-state index contributed by atoms with van der Waals surface area (Å²) in [4.78, 5) is 28.4. The van der Waals surface area contributed by atoms with Gasteiger partial charge in [0.15, 0.2) is 11.5 Å². The summed E-state index contributed by atoms with van der Waals surface area (Å²) >= 11 is 0. The van der Waals surface area contributed by atoms with E-state index in [1.54, 1.807) is 43.6 Å². The first-order valence-electron chi connectivity index (χ1n) is 9.00. The minimum Gasteiger partial charge on any atom is -0.493 e. The molecule has 1 aliphatic heterocycles. The maximum Gasteiger partial charge on any atom is 0.321 e. The molecule has 2 amide bonds. The third-order valence-corrected chi connectivity index (χ3v) is 4.83. The molecule has 0 unspecified atom stereocenters. The Hall–Kier alpha value is -3.49. The Kier molecular flexibility index (Phi) is 4.88. The molecule has 4 rings (SSSR count). The van der Waals surface area contributed by atoms with Crippen LogP contribution in [-0.4, -0.2) is 66.3 Å². The van der Waals surface area contributed by atoms with Crippen molar-refractivity contribution in [3.05, 3.63) is 36.8 Å². The smallest absolute Gasteiger partial charge is 0.321 e. The molecule has 28 heavy (non-hydrogen) atoms. The van der Waals surface area contributed by atoms with Crippen molar-refractivity contribution in [1.82, 2.24) is 19.9 Å². The summed E-state index contributed by atoms with van der Waals surface area (Å²) < 4.78 is 10.5. The van der Waals surface area contributed by atoms with E-state index < -0.39 is 0 Å². The molecule has 0 aliphatic carbocycles. The van der Waals surface area contributed by atoms with E-state index in [2.05, 4.69) is 25.2 Å². The number of carbonyl (C=O) groups excluding carboxylic acids is 1. The molecule has 0 saturated carbocycles. The lowest BCUT2D eigenvalue weighted by Crippen LogP contribution is -2.50. The van der Waals surface area contributed by atoms with Gasteiger partial charge >= 0.3 is 6.03 Å². The number of anilines is 2. The number of nitrogens with one attached hydrogen (secondary N) is 2. The number of nitrogens with zero attached hydrogens (tertiary/aromatic N) is 4. The molecule has 146 valence electrons. The van der Waals surface area contributed by atoms with Crippen molar-refractivity contribution < 1.29 is 14.3 Å². The fourth-order valence-corrected chi connectivity index (χ4v) is 3.35. The second-order valence-electron chi connectivity index (χ2n) is 6.41. The molecule has 0 bridgehead atoms. The minimum atomic E-state index is -0.138. The molecule has 1 saturated heterocycles. The summed E-state index contributed by atoms with van der Waals surface area (Å²) in [5, 5.41) is 3.91. The number of hydrogen-bond acceptors (Lipinski definition) is 6. The van der Waals surface area contributed by atoms with Crippen molar-refractivity contribution in [2.75, 3.05) is 50.6 Å². The van der Waals surface area contributed by atoms with Gasteiger partial charge in [0.2, 0.25) is 0 Å². The first-order valence-corrected chi connectivity index (χ1v) is 9.00. The zero-order chi connectivity index (χ0) is 19.5. The number of benzene rings is 1. The number of methoxy groups -OCH3 is 2. The van der Waals surface area contributed by atoms with Gasteiger partial charge in [-0.1, -0.05) is 0 Å². The monoisotopic (exact) mass is 382 g/mol. The van der Waals surface area contributed by atoms with E-state index in [9.17, 15) is 4.79 Å². The molecule has 0 spiro atoms. The minimum absolute atomic E-state index is 0.138. The average molecular weight is 382 g/mol. The molecule has 1 aliphatic rings. The van der Waals surface area contributed by atoms with Gasteiger partial charge in [0.25, 0.3) is 0 Å². The van der Waals surface area contributed by atoms with E-state index in [0.717, 1.165) is 16.9 Å². The quantitative estimate of drug-likeness (QED) is 0.719. The van der Waals surface area contributed by atoms with Crippen molar-refractivity contribution >= 4 is 28.6 Å². The largest absolute Gasteiger partial charge is 0.493 e. The van der Waals surface area contributed by atoms with Crippen LogP contribution in [0.3, 0.4) is 0 Å². The highest BCUT2D eigenvalue weighted by Crippen LogP contribution is 2.30. The number of aromatic nitrogens is 3. The van der Waals surface area contributed by atoms with Crippen LogP contribution in [0.4, 0.5) is 16.3 Å². The Balaban J connectivity index is 1.40. The number of hydrogen-bond donors (Lipinski definition) is 2. The van der Waals surface area contributed by atoms with Crippen LogP contribution in [0.5, 0.6) is 11.5 Å². The zero-order valence-corrected chi connectivity index (χ0v) is 15.8. The molecule has 0 radical (unpaired) electrons. The Bertz CT molecular complexity index is 981. The van der Waals surface area contributed by atoms with Crippen LogP contribution in [0.15, 0.2) is 36.8 Å². The third-order valence-electron chi connectivity index (χ3n) is 4.83. The Morgan fingerprint density at radius 3 is 2.61 bits per heavy atom. The van der Waals surface area contributed by atoms with Crippen LogP contribution in [0.25, 0.3) is 11.0 Å². The van der Waals surface area contributed by atoms with Gasteiger partial charge < -0.3 is 29.6 Å². The van der Waals surface area contributed by atoms with E-state index in [0.29, 0.717) is 43.4 Å². The van der Waals surface area contributed by atoms with Gasteiger partial charge in [0.1, 0.15) is 17.8 Å². The van der Waals surface area contributed by atoms with E-state index in [1.165, 1.54) is 0 Å². The van der Waals surface area contributed by atoms with Crippen LogP contribution >= 0.6 is 0 Å². The lowest BCUT2D eigenvalue weighted by atomic mass is 10.2. The van der Waals surface area contributed by atoms with Gasteiger partial charge in [-0.05, 0) is 18.2 Å². The summed E-state index contributed by atoms with van der Waals surface area (Å²) in [6.07, 6.45) is 3.42. The number of carbonyl (C=O) groups is 1. The van der Waals surface area contributed by atoms with Gasteiger partial charge in [-0.2, -0.15) is 0 Å². The fraction of sp³-hybridized carbons (Fsp3) is 0.316. The molecule has 0 atom stereocenters. The number of fused-ring (bicyclic) bond motifs is 1. The SMILES string of the molecule is COc1ccc(NC(=O)N2CCN(c3ncnc4[nH]ccc34)CC2)cc1OC. The van der Waals surface area contributed by atoms with Crippen LogP contribution in [0, 0.1) is 0 Å². The molecule has 3 heterocycles. The van der Waals surface area contributed by atoms with Crippen molar-refractivity contribution in [3.8, 4) is 11.5 Å². The molecule has 3 aromatic rings. The van der Waals surface area contributed by atoms with E-state index in [1.807, 2.05) is 12.3 Å². The molecule has 1 fully saturated rings. The van der Waals surface area contributed by atoms with Crippen LogP contribution in [-0.2, 0) is 0 Å². The second-order valence-corrected chi connectivity index (χ2v) is 6.41. The molecule has 9 heteroatoms. The van der Waals surface area contributed by atoms with Crippen molar-refractivity contribution in [2.24, 2.45) is 0 Å². The summed E-state index contributed by atoms with van der Waals surface area (Å²) in [6.45, 7) is 2.62. The number of ether oxygens (including phenoxy) is 2. The summed E-state index contributed by atoms with van der Waals surface area (Å²) in [5.41, 5.74) is 1.48. The van der Waals surface area contributed by atoms with E-state index >= 15 is 0 Å². The first-order chi connectivity index (χ1) is 13.7. The number of amides is 2. The predicted molar refractivity (Wildman–Crippen MR) is 106 cm³/mol. The topological polar surface area (TPSA) is 95.6 Å². The summed E-state index contributed by atoms with van der Waals surface area (Å²) in [7, 11) is 3.14. The normalized spacial score (nSPS) is 14.2. The average Bonchev–Trinajstić information content (AvgIpc) is 3.22. The maximum absolute atomic E-state index is 12.6. The number of urea groups is 1. The van der Waals surface area contributed by atoms with Crippen molar-refractivity contribution in [3.63, 3.8) is 0 Å². The molecular weight excluding hydrogens is 360 g/mol. The maximum atomic E-state index is 12.6. The number of H-pyrrole nitrogens is 1. The third kappa shape index (κ3) is 3.38. The number of piperazine rings is 1. The predicted octanol–water partition coefficient (Wildman–Crippen LogP) is 2.33. The standard InChI is InChI=1S/C19H22N6O3/c1-27-15-4-3-13(11-16(15)28-2)23-19(26)25-9-7-24(8-10-25)18-14-5-6-20-17(14)21-12-22-18/h3-6,11-12H,7-10H2,1-2H3,(H,23,26)(H,20,21,22). The van der Waals surface area contributed by atoms with Gasteiger partial charge in [0.05, 0.1) is 19.6 Å². The summed E-state index contributed by atoms with van der Waals surface area (Å²) in [6, 6.07) is 7.14. The molecule has 9 nitrogen and oxygen atoms in total. The Morgan fingerprint density at radius 1 is 1.07 bits per heavy atom. The van der Waals surface area contributed by atoms with E-state index in [-0.39, 0.29) is 6.03 Å². The number of rotatable bonds is 4. The lowest BCUT2D eigenvalue weighted by Gasteiger charge is -2.35. The van der Waals surface area contributed by atoms with Gasteiger partial charge in [-0.15, -0.1) is 0 Å².